The van der Waals surface area contributed by atoms with Gasteiger partial charge in [-0.05, 0) is 32.6 Å². The third-order valence-electron chi connectivity index (χ3n) is 3.54. The maximum atomic E-state index is 9.29. The summed E-state index contributed by atoms with van der Waals surface area (Å²) in [4.78, 5) is 4.31. The molecule has 1 aliphatic carbocycles. The summed E-state index contributed by atoms with van der Waals surface area (Å²) in [5, 5.41) is 12.7. The van der Waals surface area contributed by atoms with Crippen molar-refractivity contribution < 1.29 is 0 Å². The molecule has 0 saturated heterocycles. The molecule has 4 heteroatoms. The van der Waals surface area contributed by atoms with Gasteiger partial charge in [0.25, 0.3) is 0 Å². The summed E-state index contributed by atoms with van der Waals surface area (Å²) in [6, 6.07) is 3.00. The Labute approximate surface area is 109 Å². The zero-order valence-corrected chi connectivity index (χ0v) is 11.3. The minimum Gasteiger partial charge on any atom is -0.335 e. The van der Waals surface area contributed by atoms with Crippen LogP contribution in [0.15, 0.2) is 12.4 Å². The van der Waals surface area contributed by atoms with E-state index in [2.05, 4.69) is 27.9 Å². The van der Waals surface area contributed by atoms with Gasteiger partial charge in [-0.3, -0.25) is 5.32 Å². The molecular formula is C14H22N4. The number of aryl methyl sites for hydroxylation is 2. The molecule has 1 unspecified atom stereocenters. The molecule has 0 amide bonds. The molecule has 1 heterocycles. The lowest BCUT2D eigenvalue weighted by Crippen LogP contribution is -2.42. The normalized spacial score (nSPS) is 18.3. The van der Waals surface area contributed by atoms with Gasteiger partial charge in [-0.15, -0.1) is 0 Å². The molecule has 98 valence electrons. The monoisotopic (exact) mass is 246 g/mol. The zero-order valence-electron chi connectivity index (χ0n) is 11.3. The summed E-state index contributed by atoms with van der Waals surface area (Å²) in [5.74, 6) is 1.13. The fourth-order valence-electron chi connectivity index (χ4n) is 2.30. The topological polar surface area (TPSA) is 53.6 Å². The van der Waals surface area contributed by atoms with E-state index in [0.29, 0.717) is 6.04 Å². The van der Waals surface area contributed by atoms with Crippen molar-refractivity contribution in [3.05, 3.63) is 18.2 Å². The summed E-state index contributed by atoms with van der Waals surface area (Å²) in [6.45, 7) is 5.08. The number of imidazole rings is 1. The Hall–Kier alpha value is -1.34. The van der Waals surface area contributed by atoms with Gasteiger partial charge in [-0.2, -0.15) is 5.26 Å². The van der Waals surface area contributed by atoms with Gasteiger partial charge >= 0.3 is 0 Å². The Balaban J connectivity index is 1.81. The van der Waals surface area contributed by atoms with Crippen molar-refractivity contribution in [1.82, 2.24) is 14.9 Å². The third-order valence-corrected chi connectivity index (χ3v) is 3.54. The molecule has 1 N–H and O–H groups in total. The minimum atomic E-state index is -0.367. The van der Waals surface area contributed by atoms with Crippen molar-refractivity contribution in [2.24, 2.45) is 0 Å². The second-order valence-electron chi connectivity index (χ2n) is 5.36. The first-order valence-corrected chi connectivity index (χ1v) is 6.86. The molecule has 1 aliphatic rings. The highest BCUT2D eigenvalue weighted by atomic mass is 15.1. The second-order valence-corrected chi connectivity index (χ2v) is 5.36. The molecule has 1 aromatic heterocycles. The minimum absolute atomic E-state index is 0.367. The molecule has 0 bridgehead atoms. The van der Waals surface area contributed by atoms with Crippen LogP contribution in [0.1, 0.15) is 45.4 Å². The van der Waals surface area contributed by atoms with E-state index < -0.39 is 0 Å². The molecule has 4 nitrogen and oxygen atoms in total. The molecule has 0 aromatic carbocycles. The van der Waals surface area contributed by atoms with Crippen LogP contribution in [0.4, 0.5) is 0 Å². The molecule has 0 radical (unpaired) electrons. The Bertz CT molecular complexity index is 427. The van der Waals surface area contributed by atoms with Gasteiger partial charge in [0.2, 0.25) is 0 Å². The van der Waals surface area contributed by atoms with Crippen LogP contribution in [0.3, 0.4) is 0 Å². The number of nitriles is 1. The maximum Gasteiger partial charge on any atom is 0.108 e. The fourth-order valence-corrected chi connectivity index (χ4v) is 2.30. The van der Waals surface area contributed by atoms with Gasteiger partial charge in [-0.25, -0.2) is 4.98 Å². The van der Waals surface area contributed by atoms with Crippen molar-refractivity contribution in [1.29, 1.82) is 5.26 Å². The first kappa shape index (κ1) is 13.1. The van der Waals surface area contributed by atoms with E-state index in [1.165, 1.54) is 12.8 Å². The summed E-state index contributed by atoms with van der Waals surface area (Å²) in [7, 11) is 0. The molecule has 1 fully saturated rings. The van der Waals surface area contributed by atoms with Crippen LogP contribution in [0.2, 0.25) is 0 Å². The lowest BCUT2D eigenvalue weighted by molar-refractivity contribution is 0.390. The molecule has 0 aliphatic heterocycles. The molecule has 1 aromatic rings. The highest BCUT2D eigenvalue weighted by molar-refractivity contribution is 5.07. The molecule has 1 atom stereocenters. The summed E-state index contributed by atoms with van der Waals surface area (Å²) >= 11 is 0. The van der Waals surface area contributed by atoms with Crippen molar-refractivity contribution in [2.45, 2.75) is 64.1 Å². The van der Waals surface area contributed by atoms with Crippen LogP contribution in [-0.2, 0) is 13.0 Å². The van der Waals surface area contributed by atoms with E-state index in [-0.39, 0.29) is 5.54 Å². The van der Waals surface area contributed by atoms with Crippen LogP contribution in [-0.4, -0.2) is 21.1 Å². The van der Waals surface area contributed by atoms with E-state index in [0.717, 1.165) is 31.6 Å². The van der Waals surface area contributed by atoms with E-state index in [1.54, 1.807) is 0 Å². The van der Waals surface area contributed by atoms with E-state index in [9.17, 15) is 5.26 Å². The average molecular weight is 246 g/mol. The van der Waals surface area contributed by atoms with Gasteiger partial charge in [-0.1, -0.05) is 6.92 Å². The molecule has 1 saturated carbocycles. The Morgan fingerprint density at radius 2 is 2.39 bits per heavy atom. The summed E-state index contributed by atoms with van der Waals surface area (Å²) in [5.41, 5.74) is -0.367. The predicted molar refractivity (Wildman–Crippen MR) is 71.0 cm³/mol. The van der Waals surface area contributed by atoms with Gasteiger partial charge in [0.1, 0.15) is 11.4 Å². The van der Waals surface area contributed by atoms with Crippen LogP contribution in [0, 0.1) is 11.3 Å². The van der Waals surface area contributed by atoms with Gasteiger partial charge in [0.15, 0.2) is 0 Å². The molecule has 0 spiro atoms. The molecule has 2 rings (SSSR count). The highest BCUT2D eigenvalue weighted by Crippen LogP contribution is 2.24. The summed E-state index contributed by atoms with van der Waals surface area (Å²) < 4.78 is 2.19. The SMILES string of the molecule is CCc1nccn1CCCC(C)(C#N)NC1CC1. The largest absolute Gasteiger partial charge is 0.335 e. The number of hydrogen-bond donors (Lipinski definition) is 1. The van der Waals surface area contributed by atoms with Crippen molar-refractivity contribution in [3.63, 3.8) is 0 Å². The van der Waals surface area contributed by atoms with Crippen molar-refractivity contribution >= 4 is 0 Å². The molecule has 18 heavy (non-hydrogen) atoms. The smallest absolute Gasteiger partial charge is 0.108 e. The third kappa shape index (κ3) is 3.33. The first-order valence-electron chi connectivity index (χ1n) is 6.86. The fraction of sp³-hybridized carbons (Fsp3) is 0.714. The van der Waals surface area contributed by atoms with Gasteiger partial charge < -0.3 is 4.57 Å². The van der Waals surface area contributed by atoms with Gasteiger partial charge in [0, 0.05) is 31.4 Å². The number of nitrogens with one attached hydrogen (secondary N) is 1. The maximum absolute atomic E-state index is 9.29. The van der Waals surface area contributed by atoms with Crippen LogP contribution < -0.4 is 5.32 Å². The number of nitrogens with zero attached hydrogens (tertiary/aromatic N) is 3. The Morgan fingerprint density at radius 1 is 1.61 bits per heavy atom. The number of aromatic nitrogens is 2. The van der Waals surface area contributed by atoms with E-state index >= 15 is 0 Å². The van der Waals surface area contributed by atoms with Gasteiger partial charge in [0.05, 0.1) is 6.07 Å². The summed E-state index contributed by atoms with van der Waals surface area (Å²) in [6.07, 6.45) is 9.18. The quantitative estimate of drug-likeness (QED) is 0.803. The highest BCUT2D eigenvalue weighted by Gasteiger charge is 2.31. The van der Waals surface area contributed by atoms with Crippen molar-refractivity contribution in [2.75, 3.05) is 0 Å². The number of hydrogen-bond acceptors (Lipinski definition) is 3. The van der Waals surface area contributed by atoms with E-state index in [1.807, 2.05) is 19.3 Å². The van der Waals surface area contributed by atoms with E-state index in [4.69, 9.17) is 0 Å². The lowest BCUT2D eigenvalue weighted by atomic mass is 9.97. The Kier molecular flexibility index (Phi) is 4.03. The van der Waals surface area contributed by atoms with Crippen molar-refractivity contribution in [3.8, 4) is 6.07 Å². The Morgan fingerprint density at radius 3 is 3.00 bits per heavy atom. The average Bonchev–Trinajstić information content (AvgIpc) is 3.05. The lowest BCUT2D eigenvalue weighted by Gasteiger charge is -2.23. The predicted octanol–water partition coefficient (Wildman–Crippen LogP) is 2.26. The zero-order chi connectivity index (χ0) is 13.0. The van der Waals surface area contributed by atoms with Crippen LogP contribution in [0.5, 0.6) is 0 Å². The molecular weight excluding hydrogens is 224 g/mol. The standard InChI is InChI=1S/C14H22N4/c1-3-13-16-8-10-18(13)9-4-7-14(2,11-15)17-12-5-6-12/h8,10,12,17H,3-7,9H2,1-2H3. The first-order chi connectivity index (χ1) is 8.67. The second kappa shape index (κ2) is 5.53. The van der Waals surface area contributed by atoms with Crippen LogP contribution >= 0.6 is 0 Å². The number of rotatable bonds is 7. The van der Waals surface area contributed by atoms with Crippen LogP contribution in [0.25, 0.3) is 0 Å².